The number of nitrogens with one attached hydrogen (secondary N) is 1. The van der Waals surface area contributed by atoms with Gasteiger partial charge in [-0.3, -0.25) is 9.69 Å². The van der Waals surface area contributed by atoms with Gasteiger partial charge >= 0.3 is 0 Å². The molecule has 3 rings (SSSR count). The number of carbonyl (C=O) groups excluding carboxylic acids is 1. The number of halogens is 3. The summed E-state index contributed by atoms with van der Waals surface area (Å²) >= 11 is 0. The van der Waals surface area contributed by atoms with Gasteiger partial charge in [0.1, 0.15) is 12.1 Å². The predicted molar refractivity (Wildman–Crippen MR) is 96.0 cm³/mol. The average Bonchev–Trinajstić information content (AvgIpc) is 3.09. The molecule has 0 bridgehead atoms. The molecule has 0 aromatic carbocycles. The van der Waals surface area contributed by atoms with Crippen LogP contribution in [0.3, 0.4) is 0 Å². The van der Waals surface area contributed by atoms with Crippen LogP contribution >= 0.6 is 0 Å². The van der Waals surface area contributed by atoms with E-state index >= 15 is 0 Å². The van der Waals surface area contributed by atoms with Crippen molar-refractivity contribution in [1.82, 2.24) is 15.2 Å². The lowest BCUT2D eigenvalue weighted by molar-refractivity contribution is -0.124. The summed E-state index contributed by atoms with van der Waals surface area (Å²) in [6.45, 7) is 0.733. The second kappa shape index (κ2) is 8.38. The summed E-state index contributed by atoms with van der Waals surface area (Å²) in [7, 11) is 3.21. The van der Waals surface area contributed by atoms with Gasteiger partial charge in [-0.25, -0.2) is 13.2 Å². The van der Waals surface area contributed by atoms with Crippen molar-refractivity contribution in [3.8, 4) is 11.8 Å². The third-order valence-corrected chi connectivity index (χ3v) is 5.03. The lowest BCUT2D eigenvalue weighted by atomic mass is 9.94. The Balaban J connectivity index is 1.64. The molecule has 0 saturated heterocycles. The number of methoxy groups -OCH3 is 1. The van der Waals surface area contributed by atoms with Gasteiger partial charge in [-0.05, 0) is 26.0 Å². The van der Waals surface area contributed by atoms with Gasteiger partial charge in [0, 0.05) is 31.5 Å². The van der Waals surface area contributed by atoms with Crippen molar-refractivity contribution in [3.05, 3.63) is 29.6 Å². The fraction of sp³-hybridized carbons (Fsp3) is 0.579. The maximum atomic E-state index is 14.4. The van der Waals surface area contributed by atoms with Crippen LogP contribution in [0.25, 0.3) is 0 Å². The Morgan fingerprint density at radius 1 is 1.36 bits per heavy atom. The van der Waals surface area contributed by atoms with Crippen LogP contribution in [-0.2, 0) is 11.3 Å². The molecular weight excluding hydrogens is 375 g/mol. The zero-order valence-electron chi connectivity index (χ0n) is 15.9. The molecule has 1 aliphatic carbocycles. The van der Waals surface area contributed by atoms with Gasteiger partial charge in [-0.1, -0.05) is 12.2 Å². The van der Waals surface area contributed by atoms with Gasteiger partial charge in [0.2, 0.25) is 17.7 Å². The molecule has 0 radical (unpaired) electrons. The number of likely N-dealkylation sites (N-methyl/N-ethyl adjacent to an activating group) is 1. The Bertz CT molecular complexity index is 747. The molecule has 1 N–H and O–H groups in total. The van der Waals surface area contributed by atoms with E-state index in [0.717, 1.165) is 0 Å². The molecule has 154 valence electrons. The van der Waals surface area contributed by atoms with E-state index in [1.807, 2.05) is 18.0 Å². The average molecular weight is 399 g/mol. The van der Waals surface area contributed by atoms with Crippen LogP contribution in [0.1, 0.15) is 31.2 Å². The Morgan fingerprint density at radius 3 is 2.68 bits per heavy atom. The van der Waals surface area contributed by atoms with Crippen LogP contribution in [0.15, 0.2) is 18.2 Å². The van der Waals surface area contributed by atoms with E-state index in [9.17, 15) is 18.0 Å². The first-order chi connectivity index (χ1) is 13.3. The SMILES string of the molecule is COc1nc(OC2CCC(F)(F)CC2)c(F)cc1CNC(=O)[C@@H]1C=CCN1C. The van der Waals surface area contributed by atoms with E-state index < -0.39 is 17.8 Å². The number of hydrogen-bond donors (Lipinski definition) is 1. The van der Waals surface area contributed by atoms with E-state index in [0.29, 0.717) is 12.1 Å². The summed E-state index contributed by atoms with van der Waals surface area (Å²) in [4.78, 5) is 18.2. The molecule has 1 aliphatic heterocycles. The molecule has 1 atom stereocenters. The van der Waals surface area contributed by atoms with Crippen LogP contribution < -0.4 is 14.8 Å². The fourth-order valence-corrected chi connectivity index (χ4v) is 3.36. The topological polar surface area (TPSA) is 63.7 Å². The summed E-state index contributed by atoms with van der Waals surface area (Å²) in [6.07, 6.45) is 2.89. The second-order valence-electron chi connectivity index (χ2n) is 7.15. The van der Waals surface area contributed by atoms with E-state index in [4.69, 9.17) is 9.47 Å². The fourth-order valence-electron chi connectivity index (χ4n) is 3.36. The minimum absolute atomic E-state index is 0.0417. The maximum Gasteiger partial charge on any atom is 0.254 e. The minimum atomic E-state index is -2.69. The number of ether oxygens (including phenoxy) is 2. The Kier molecular flexibility index (Phi) is 6.12. The summed E-state index contributed by atoms with van der Waals surface area (Å²) < 4.78 is 51.6. The molecular formula is C19H24F3N3O3. The van der Waals surface area contributed by atoms with E-state index in [1.54, 1.807) is 6.08 Å². The predicted octanol–water partition coefficient (Wildman–Crippen LogP) is 2.67. The molecule has 1 amide bonds. The molecule has 6 nitrogen and oxygen atoms in total. The molecule has 0 unspecified atom stereocenters. The Hall–Kier alpha value is -2.29. The highest BCUT2D eigenvalue weighted by Crippen LogP contribution is 2.35. The van der Waals surface area contributed by atoms with Crippen molar-refractivity contribution in [2.75, 3.05) is 20.7 Å². The van der Waals surface area contributed by atoms with Crippen LogP contribution in [0.4, 0.5) is 13.2 Å². The maximum absolute atomic E-state index is 14.4. The third-order valence-electron chi connectivity index (χ3n) is 5.03. The zero-order valence-corrected chi connectivity index (χ0v) is 15.9. The molecule has 9 heteroatoms. The van der Waals surface area contributed by atoms with Crippen molar-refractivity contribution in [2.24, 2.45) is 0 Å². The minimum Gasteiger partial charge on any atom is -0.481 e. The third kappa shape index (κ3) is 4.76. The quantitative estimate of drug-likeness (QED) is 0.746. The smallest absolute Gasteiger partial charge is 0.254 e. The van der Waals surface area contributed by atoms with Gasteiger partial charge in [0.05, 0.1) is 7.11 Å². The zero-order chi connectivity index (χ0) is 20.3. The molecule has 2 heterocycles. The summed E-state index contributed by atoms with van der Waals surface area (Å²) in [6, 6.07) is 0.823. The number of hydrogen-bond acceptors (Lipinski definition) is 5. The van der Waals surface area contributed by atoms with Gasteiger partial charge in [0.15, 0.2) is 5.82 Å². The first kappa shape index (κ1) is 20.4. The van der Waals surface area contributed by atoms with Crippen molar-refractivity contribution in [2.45, 2.75) is 50.3 Å². The lowest BCUT2D eigenvalue weighted by Crippen LogP contribution is -2.41. The Labute approximate surface area is 161 Å². The summed E-state index contributed by atoms with van der Waals surface area (Å²) in [5.41, 5.74) is 0.362. The van der Waals surface area contributed by atoms with Crippen molar-refractivity contribution < 1.29 is 27.4 Å². The monoisotopic (exact) mass is 399 g/mol. The molecule has 28 heavy (non-hydrogen) atoms. The standard InChI is InChI=1S/C19H24F3N3O3/c1-25-9-3-4-15(25)16(26)23-11-12-10-14(20)18(24-17(12)27-2)28-13-5-7-19(21,22)8-6-13/h3-4,10,13,15H,5-9,11H2,1-2H3,(H,23,26)/t15-/m0/s1. The first-order valence-corrected chi connectivity index (χ1v) is 9.21. The molecule has 1 fully saturated rings. The number of carbonyl (C=O) groups is 1. The van der Waals surface area contributed by atoms with Crippen LogP contribution in [0, 0.1) is 5.82 Å². The molecule has 1 aromatic heterocycles. The highest BCUT2D eigenvalue weighted by molar-refractivity contribution is 5.84. The highest BCUT2D eigenvalue weighted by Gasteiger charge is 2.36. The number of pyridine rings is 1. The molecule has 0 spiro atoms. The largest absolute Gasteiger partial charge is 0.481 e. The van der Waals surface area contributed by atoms with E-state index in [-0.39, 0.29) is 55.9 Å². The van der Waals surface area contributed by atoms with Crippen LogP contribution in [0.2, 0.25) is 0 Å². The number of alkyl halides is 2. The van der Waals surface area contributed by atoms with E-state index in [1.165, 1.54) is 13.2 Å². The summed E-state index contributed by atoms with van der Waals surface area (Å²) in [5, 5.41) is 2.74. The van der Waals surface area contributed by atoms with E-state index in [2.05, 4.69) is 10.3 Å². The van der Waals surface area contributed by atoms with Crippen LogP contribution in [0.5, 0.6) is 11.8 Å². The first-order valence-electron chi connectivity index (χ1n) is 9.21. The van der Waals surface area contributed by atoms with Gasteiger partial charge in [0.25, 0.3) is 5.88 Å². The normalized spacial score (nSPS) is 22.2. The molecule has 1 aromatic rings. The molecule has 2 aliphatic rings. The number of nitrogens with zero attached hydrogens (tertiary/aromatic N) is 2. The highest BCUT2D eigenvalue weighted by atomic mass is 19.3. The van der Waals surface area contributed by atoms with Crippen molar-refractivity contribution >= 4 is 5.91 Å². The van der Waals surface area contributed by atoms with Crippen molar-refractivity contribution in [3.63, 3.8) is 0 Å². The lowest BCUT2D eigenvalue weighted by Gasteiger charge is -2.28. The van der Waals surface area contributed by atoms with Crippen LogP contribution in [-0.4, -0.2) is 54.6 Å². The summed E-state index contributed by atoms with van der Waals surface area (Å²) in [5.74, 6) is -3.77. The number of amides is 1. The Morgan fingerprint density at radius 2 is 2.07 bits per heavy atom. The number of rotatable bonds is 6. The van der Waals surface area contributed by atoms with Gasteiger partial charge in [-0.2, -0.15) is 4.98 Å². The van der Waals surface area contributed by atoms with Crippen molar-refractivity contribution in [1.29, 1.82) is 0 Å². The van der Waals surface area contributed by atoms with Gasteiger partial charge in [-0.15, -0.1) is 0 Å². The molecule has 1 saturated carbocycles. The van der Waals surface area contributed by atoms with Gasteiger partial charge < -0.3 is 14.8 Å². The second-order valence-corrected chi connectivity index (χ2v) is 7.15. The number of aromatic nitrogens is 1.